The van der Waals surface area contributed by atoms with Crippen LogP contribution in [-0.2, 0) is 19.9 Å². The summed E-state index contributed by atoms with van der Waals surface area (Å²) in [4.78, 5) is -0.265. The van der Waals surface area contributed by atoms with E-state index in [9.17, 15) is 16.8 Å². The molecule has 3 aromatic rings. The fourth-order valence-corrected chi connectivity index (χ4v) is 4.39. The highest BCUT2D eigenvalue weighted by molar-refractivity contribution is 7.93. The van der Waals surface area contributed by atoms with Crippen LogP contribution in [0.5, 0.6) is 11.5 Å². The monoisotopic (exact) mass is 437 g/mol. The SMILES string of the molecule is CS(=O)(=O)c1cccc(S(=O)(=O)Nc2ccccc2Oc2ccccc2Cl)c1. The average molecular weight is 438 g/mol. The molecule has 0 heterocycles. The van der Waals surface area contributed by atoms with E-state index >= 15 is 0 Å². The molecule has 0 radical (unpaired) electrons. The lowest BCUT2D eigenvalue weighted by atomic mass is 10.3. The Kier molecular flexibility index (Phi) is 5.64. The minimum Gasteiger partial charge on any atom is -0.454 e. The standard InChI is InChI=1S/C19H16ClNO5S2/c1-27(22,23)14-7-6-8-15(13-14)28(24,25)21-17-10-3-5-12-19(17)26-18-11-4-2-9-16(18)20/h2-13,21H,1H3. The molecule has 0 aromatic heterocycles. The van der Waals surface area contributed by atoms with Crippen LogP contribution in [0.1, 0.15) is 0 Å². The van der Waals surface area contributed by atoms with E-state index < -0.39 is 19.9 Å². The van der Waals surface area contributed by atoms with Crippen molar-refractivity contribution in [1.29, 1.82) is 0 Å². The Morgan fingerprint density at radius 3 is 2.07 bits per heavy atom. The van der Waals surface area contributed by atoms with Crippen molar-refractivity contribution < 1.29 is 21.6 Å². The maximum absolute atomic E-state index is 12.8. The minimum absolute atomic E-state index is 0.0871. The molecule has 0 fully saturated rings. The number of hydrogen-bond acceptors (Lipinski definition) is 5. The van der Waals surface area contributed by atoms with E-state index in [0.717, 1.165) is 12.3 Å². The predicted octanol–water partition coefficient (Wildman–Crippen LogP) is 4.34. The molecule has 1 N–H and O–H groups in total. The van der Waals surface area contributed by atoms with Crippen LogP contribution in [0, 0.1) is 0 Å². The van der Waals surface area contributed by atoms with E-state index in [1.54, 1.807) is 42.5 Å². The van der Waals surface area contributed by atoms with E-state index in [2.05, 4.69) is 4.72 Å². The maximum Gasteiger partial charge on any atom is 0.262 e. The van der Waals surface area contributed by atoms with Gasteiger partial charge in [0.25, 0.3) is 10.0 Å². The van der Waals surface area contributed by atoms with Crippen molar-refractivity contribution in [1.82, 2.24) is 0 Å². The summed E-state index contributed by atoms with van der Waals surface area (Å²) in [5.41, 5.74) is 0.187. The highest BCUT2D eigenvalue weighted by atomic mass is 35.5. The summed E-state index contributed by atoms with van der Waals surface area (Å²) in [5.74, 6) is 0.619. The lowest BCUT2D eigenvalue weighted by molar-refractivity contribution is 0.485. The number of sulfone groups is 1. The number of rotatable bonds is 6. The van der Waals surface area contributed by atoms with Gasteiger partial charge in [-0.2, -0.15) is 0 Å². The van der Waals surface area contributed by atoms with Crippen molar-refractivity contribution in [3.05, 3.63) is 77.8 Å². The van der Waals surface area contributed by atoms with Gasteiger partial charge in [-0.05, 0) is 42.5 Å². The second-order valence-corrected chi connectivity index (χ2v) is 9.99. The van der Waals surface area contributed by atoms with Crippen molar-refractivity contribution in [3.8, 4) is 11.5 Å². The lowest BCUT2D eigenvalue weighted by Gasteiger charge is -2.14. The Morgan fingerprint density at radius 2 is 1.39 bits per heavy atom. The predicted molar refractivity (Wildman–Crippen MR) is 108 cm³/mol. The zero-order valence-corrected chi connectivity index (χ0v) is 17.1. The Balaban J connectivity index is 1.95. The Labute approximate surface area is 168 Å². The number of halogens is 1. The molecule has 0 spiro atoms. The Bertz CT molecular complexity index is 1220. The summed E-state index contributed by atoms with van der Waals surface area (Å²) in [5, 5.41) is 0.376. The zero-order valence-electron chi connectivity index (χ0n) is 14.7. The molecule has 3 rings (SSSR count). The van der Waals surface area contributed by atoms with Gasteiger partial charge in [-0.15, -0.1) is 0 Å². The Hall–Kier alpha value is -2.55. The first-order chi connectivity index (χ1) is 13.2. The summed E-state index contributed by atoms with van der Waals surface area (Å²) in [6.45, 7) is 0. The van der Waals surface area contributed by atoms with Crippen LogP contribution in [0.3, 0.4) is 0 Å². The number of benzene rings is 3. The fraction of sp³-hybridized carbons (Fsp3) is 0.0526. The van der Waals surface area contributed by atoms with E-state index in [-0.39, 0.29) is 21.2 Å². The molecule has 0 unspecified atom stereocenters. The van der Waals surface area contributed by atoms with Crippen molar-refractivity contribution >= 4 is 37.1 Å². The second kappa shape index (κ2) is 7.83. The number of para-hydroxylation sites is 3. The molecule has 0 amide bonds. The van der Waals surface area contributed by atoms with Crippen molar-refractivity contribution in [2.75, 3.05) is 11.0 Å². The van der Waals surface area contributed by atoms with Gasteiger partial charge in [0.15, 0.2) is 15.6 Å². The molecule has 0 atom stereocenters. The normalized spacial score (nSPS) is 11.8. The van der Waals surface area contributed by atoms with Gasteiger partial charge >= 0.3 is 0 Å². The molecule has 6 nitrogen and oxygen atoms in total. The number of sulfonamides is 1. The highest BCUT2D eigenvalue weighted by Crippen LogP contribution is 2.34. The van der Waals surface area contributed by atoms with Gasteiger partial charge in [0.05, 0.1) is 20.5 Å². The molecule has 0 saturated carbocycles. The first-order valence-corrected chi connectivity index (χ1v) is 11.8. The van der Waals surface area contributed by atoms with E-state index in [1.807, 2.05) is 0 Å². The number of ether oxygens (including phenoxy) is 1. The number of anilines is 1. The first kappa shape index (κ1) is 20.2. The summed E-state index contributed by atoms with van der Waals surface area (Å²) < 4.78 is 57.1. The molecule has 146 valence electrons. The van der Waals surface area contributed by atoms with E-state index in [4.69, 9.17) is 16.3 Å². The number of hydrogen-bond donors (Lipinski definition) is 1. The minimum atomic E-state index is -4.05. The largest absolute Gasteiger partial charge is 0.454 e. The van der Waals surface area contributed by atoms with Crippen molar-refractivity contribution in [2.24, 2.45) is 0 Å². The van der Waals surface area contributed by atoms with Crippen LogP contribution in [0.4, 0.5) is 5.69 Å². The lowest BCUT2D eigenvalue weighted by Crippen LogP contribution is -2.14. The summed E-state index contributed by atoms with van der Waals surface area (Å²) in [6.07, 6.45) is 1.01. The third-order valence-corrected chi connectivity index (χ3v) is 6.52. The molecular weight excluding hydrogens is 422 g/mol. The molecule has 0 aliphatic heterocycles. The third-order valence-electron chi connectivity index (χ3n) is 3.73. The maximum atomic E-state index is 12.8. The van der Waals surface area contributed by atoms with Gasteiger partial charge in [0.1, 0.15) is 5.75 Å². The molecular formula is C19H16ClNO5S2. The van der Waals surface area contributed by atoms with Gasteiger partial charge in [0.2, 0.25) is 0 Å². The quantitative estimate of drug-likeness (QED) is 0.619. The topological polar surface area (TPSA) is 89.5 Å². The van der Waals surface area contributed by atoms with Crippen LogP contribution >= 0.6 is 11.6 Å². The molecule has 28 heavy (non-hydrogen) atoms. The average Bonchev–Trinajstić information content (AvgIpc) is 2.64. The van der Waals surface area contributed by atoms with Crippen molar-refractivity contribution in [3.63, 3.8) is 0 Å². The third kappa shape index (κ3) is 4.64. The van der Waals surface area contributed by atoms with Gasteiger partial charge in [-0.1, -0.05) is 41.9 Å². The fourth-order valence-electron chi connectivity index (χ4n) is 2.36. The van der Waals surface area contributed by atoms with Crippen LogP contribution in [0.2, 0.25) is 5.02 Å². The first-order valence-electron chi connectivity index (χ1n) is 8.01. The van der Waals surface area contributed by atoms with Crippen LogP contribution in [0.15, 0.2) is 82.6 Å². The van der Waals surface area contributed by atoms with Gasteiger partial charge in [0, 0.05) is 6.26 Å². The molecule has 3 aromatic carbocycles. The van der Waals surface area contributed by atoms with Crippen LogP contribution in [0.25, 0.3) is 0 Å². The Morgan fingerprint density at radius 1 is 0.786 bits per heavy atom. The van der Waals surface area contributed by atoms with E-state index in [0.29, 0.717) is 10.8 Å². The van der Waals surface area contributed by atoms with Gasteiger partial charge < -0.3 is 4.74 Å². The van der Waals surface area contributed by atoms with Gasteiger partial charge in [-0.3, -0.25) is 4.72 Å². The van der Waals surface area contributed by atoms with Gasteiger partial charge in [-0.25, -0.2) is 16.8 Å². The summed E-state index contributed by atoms with van der Waals surface area (Å²) >= 11 is 6.10. The molecule has 0 bridgehead atoms. The molecule has 0 saturated heterocycles. The molecule has 9 heteroatoms. The van der Waals surface area contributed by atoms with Crippen LogP contribution < -0.4 is 9.46 Å². The molecule has 0 aliphatic carbocycles. The summed E-state index contributed by atoms with van der Waals surface area (Å²) in [7, 11) is -7.59. The molecule has 0 aliphatic rings. The summed E-state index contributed by atoms with van der Waals surface area (Å²) in [6, 6.07) is 18.4. The van der Waals surface area contributed by atoms with Crippen molar-refractivity contribution in [2.45, 2.75) is 9.79 Å². The van der Waals surface area contributed by atoms with Crippen LogP contribution in [-0.4, -0.2) is 23.1 Å². The second-order valence-electron chi connectivity index (χ2n) is 5.88. The van der Waals surface area contributed by atoms with E-state index in [1.165, 1.54) is 24.3 Å². The number of nitrogens with one attached hydrogen (secondary N) is 1. The zero-order chi connectivity index (χ0) is 20.4. The highest BCUT2D eigenvalue weighted by Gasteiger charge is 2.19. The smallest absolute Gasteiger partial charge is 0.262 e.